The van der Waals surface area contributed by atoms with E-state index in [0.29, 0.717) is 12.3 Å². The number of allylic oxidation sites excluding steroid dienone is 1. The average molecular weight is 136 g/mol. The van der Waals surface area contributed by atoms with Crippen LogP contribution in [0.3, 0.4) is 0 Å². The van der Waals surface area contributed by atoms with Crippen molar-refractivity contribution in [1.29, 1.82) is 0 Å². The maximum atomic E-state index is 10.6. The molecule has 0 heterocycles. The van der Waals surface area contributed by atoms with E-state index < -0.39 is 0 Å². The number of hydrogen-bond acceptors (Lipinski definition) is 1. The monoisotopic (exact) mass is 136 g/mol. The Hall–Kier alpha value is -0.525. The van der Waals surface area contributed by atoms with Gasteiger partial charge in [-0.05, 0) is 19.8 Å². The summed E-state index contributed by atoms with van der Waals surface area (Å²) in [6.07, 6.45) is 0.597. The summed E-state index contributed by atoms with van der Waals surface area (Å²) in [4.78, 5) is 10.6. The third kappa shape index (κ3) is 3.49. The fourth-order valence-corrected chi connectivity index (χ4v) is 0.756. The topological polar surface area (TPSA) is 17.1 Å². The molecule has 1 atom stereocenters. The van der Waals surface area contributed by atoms with Crippen LogP contribution in [-0.4, -0.2) is 13.6 Å². The van der Waals surface area contributed by atoms with Crippen molar-refractivity contribution >= 4 is 13.6 Å². The third-order valence-electron chi connectivity index (χ3n) is 1.63. The van der Waals surface area contributed by atoms with Crippen LogP contribution >= 0.6 is 0 Å². The van der Waals surface area contributed by atoms with Gasteiger partial charge in [0.1, 0.15) is 13.6 Å². The summed E-state index contributed by atoms with van der Waals surface area (Å²) in [5, 5.41) is 0. The summed E-state index contributed by atoms with van der Waals surface area (Å²) in [6.45, 7) is 5.54. The van der Waals surface area contributed by atoms with E-state index in [2.05, 4.69) is 0 Å². The normalized spacial score (nSPS) is 14.9. The van der Waals surface area contributed by atoms with Gasteiger partial charge in [-0.25, -0.2) is 0 Å². The van der Waals surface area contributed by atoms with E-state index in [0.717, 1.165) is 5.57 Å². The molecular formula is C8H13BO. The van der Waals surface area contributed by atoms with Gasteiger partial charge in [0.2, 0.25) is 0 Å². The molecule has 1 nitrogen and oxygen atoms in total. The molecule has 1 unspecified atom stereocenters. The van der Waals surface area contributed by atoms with Crippen LogP contribution in [0.25, 0.3) is 0 Å². The second kappa shape index (κ2) is 4.32. The van der Waals surface area contributed by atoms with Crippen molar-refractivity contribution in [1.82, 2.24) is 0 Å². The van der Waals surface area contributed by atoms with Gasteiger partial charge in [-0.1, -0.05) is 12.5 Å². The Balaban J connectivity index is 3.85. The lowest BCUT2D eigenvalue weighted by Crippen LogP contribution is -2.02. The molecule has 0 aromatic carbocycles. The first-order valence-corrected chi connectivity index (χ1v) is 3.45. The van der Waals surface area contributed by atoms with Gasteiger partial charge in [-0.15, -0.1) is 5.98 Å². The molecule has 0 aliphatic carbocycles. The molecule has 0 aliphatic rings. The molecule has 2 radical (unpaired) electrons. The predicted molar refractivity (Wildman–Crippen MR) is 44.0 cm³/mol. The predicted octanol–water partition coefficient (Wildman–Crippen LogP) is 1.67. The highest BCUT2D eigenvalue weighted by Gasteiger charge is 2.04. The minimum atomic E-state index is 0.216. The van der Waals surface area contributed by atoms with Crippen molar-refractivity contribution in [3.05, 3.63) is 11.5 Å². The van der Waals surface area contributed by atoms with Gasteiger partial charge in [0.15, 0.2) is 0 Å². The molecule has 0 aromatic rings. The Kier molecular flexibility index (Phi) is 4.09. The zero-order valence-corrected chi connectivity index (χ0v) is 6.85. The third-order valence-corrected chi connectivity index (χ3v) is 1.63. The Labute approximate surface area is 63.9 Å². The number of carbonyl (C=O) groups is 1. The Bertz CT molecular complexity index is 149. The van der Waals surface area contributed by atoms with Crippen molar-refractivity contribution in [2.24, 2.45) is 5.92 Å². The van der Waals surface area contributed by atoms with E-state index in [1.54, 1.807) is 12.9 Å². The molecule has 54 valence electrons. The molecular weight excluding hydrogens is 123 g/mol. The summed E-state index contributed by atoms with van der Waals surface area (Å²) in [6, 6.07) is 0. The molecule has 0 bridgehead atoms. The largest absolute Gasteiger partial charge is 0.300 e. The first-order valence-electron chi connectivity index (χ1n) is 3.45. The number of rotatable bonds is 3. The molecule has 0 aromatic heterocycles. The minimum absolute atomic E-state index is 0.216. The van der Waals surface area contributed by atoms with Gasteiger partial charge in [0.25, 0.3) is 0 Å². The highest BCUT2D eigenvalue weighted by atomic mass is 16.1. The van der Waals surface area contributed by atoms with Crippen molar-refractivity contribution < 1.29 is 4.79 Å². The maximum Gasteiger partial charge on any atom is 0.130 e. The van der Waals surface area contributed by atoms with E-state index in [1.165, 1.54) is 0 Å². The van der Waals surface area contributed by atoms with Crippen LogP contribution < -0.4 is 0 Å². The van der Waals surface area contributed by atoms with Gasteiger partial charge in [-0.3, -0.25) is 0 Å². The smallest absolute Gasteiger partial charge is 0.130 e. The van der Waals surface area contributed by atoms with Crippen LogP contribution in [0.2, 0.25) is 0 Å². The molecule has 0 fully saturated rings. The lowest BCUT2D eigenvalue weighted by molar-refractivity contribution is -0.117. The van der Waals surface area contributed by atoms with Gasteiger partial charge in [0.05, 0.1) is 0 Å². The molecule has 0 amide bonds. The number of Topliss-reactive ketones (excluding diaryl/α,β-unsaturated/α-hetero) is 1. The van der Waals surface area contributed by atoms with Crippen LogP contribution in [0.15, 0.2) is 11.5 Å². The van der Waals surface area contributed by atoms with Gasteiger partial charge >= 0.3 is 0 Å². The van der Waals surface area contributed by atoms with Crippen molar-refractivity contribution in [3.8, 4) is 0 Å². The number of carbonyl (C=O) groups excluding carboxylic acids is 1. The lowest BCUT2D eigenvalue weighted by atomic mass is 9.92. The summed E-state index contributed by atoms with van der Waals surface area (Å²) in [7, 11) is 5.28. The summed E-state index contributed by atoms with van der Waals surface area (Å²) >= 11 is 0. The first kappa shape index (κ1) is 9.47. The molecule has 10 heavy (non-hydrogen) atoms. The second-order valence-electron chi connectivity index (χ2n) is 2.72. The molecule has 0 aliphatic heterocycles. The number of hydrogen-bond donors (Lipinski definition) is 0. The van der Waals surface area contributed by atoms with Crippen LogP contribution in [0, 0.1) is 5.92 Å². The van der Waals surface area contributed by atoms with Crippen LogP contribution in [-0.2, 0) is 4.79 Å². The highest BCUT2D eigenvalue weighted by Crippen LogP contribution is 2.12. The van der Waals surface area contributed by atoms with Crippen LogP contribution in [0.5, 0.6) is 0 Å². The summed E-state index contributed by atoms with van der Waals surface area (Å²) in [5.41, 5.74) is 1.08. The zero-order valence-electron chi connectivity index (χ0n) is 6.85. The van der Waals surface area contributed by atoms with E-state index in [1.807, 2.05) is 13.8 Å². The maximum absolute atomic E-state index is 10.6. The van der Waals surface area contributed by atoms with E-state index in [4.69, 9.17) is 7.85 Å². The quantitative estimate of drug-likeness (QED) is 0.539. The number of ketones is 1. The first-order chi connectivity index (χ1) is 4.57. The standard InChI is InChI=1S/C8H13BO/c1-6(4-8(3)10)7(2)5-9/h5-6H,4H2,1-3H3/b7-5+. The molecule has 0 N–H and O–H groups in total. The molecule has 0 spiro atoms. The van der Waals surface area contributed by atoms with E-state index >= 15 is 0 Å². The van der Waals surface area contributed by atoms with E-state index in [-0.39, 0.29) is 5.78 Å². The average Bonchev–Trinajstić information content (AvgIpc) is 1.85. The second-order valence-corrected chi connectivity index (χ2v) is 2.72. The fourth-order valence-electron chi connectivity index (χ4n) is 0.756. The molecule has 2 heteroatoms. The van der Waals surface area contributed by atoms with Crippen molar-refractivity contribution in [2.45, 2.75) is 27.2 Å². The van der Waals surface area contributed by atoms with Gasteiger partial charge in [0, 0.05) is 6.42 Å². The van der Waals surface area contributed by atoms with Crippen molar-refractivity contribution in [3.63, 3.8) is 0 Å². The van der Waals surface area contributed by atoms with Gasteiger partial charge < -0.3 is 4.79 Å². The zero-order chi connectivity index (χ0) is 8.15. The summed E-state index contributed by atoms with van der Waals surface area (Å²) < 4.78 is 0. The van der Waals surface area contributed by atoms with E-state index in [9.17, 15) is 4.79 Å². The lowest BCUT2D eigenvalue weighted by Gasteiger charge is -2.08. The minimum Gasteiger partial charge on any atom is -0.300 e. The Morgan fingerprint density at radius 2 is 2.10 bits per heavy atom. The highest BCUT2D eigenvalue weighted by molar-refractivity contribution is 6.17. The van der Waals surface area contributed by atoms with Gasteiger partial charge in [-0.2, -0.15) is 0 Å². The Morgan fingerprint density at radius 3 is 2.40 bits per heavy atom. The SMILES string of the molecule is [B]/C=C(\C)C(C)CC(C)=O. The fraction of sp³-hybridized carbons (Fsp3) is 0.625. The van der Waals surface area contributed by atoms with Crippen LogP contribution in [0.1, 0.15) is 27.2 Å². The Morgan fingerprint density at radius 1 is 1.60 bits per heavy atom. The molecule has 0 saturated heterocycles. The molecule has 0 saturated carbocycles. The summed E-state index contributed by atoms with van der Waals surface area (Å²) in [5.74, 6) is 2.07. The van der Waals surface area contributed by atoms with Crippen LogP contribution in [0.4, 0.5) is 0 Å². The molecule has 0 rings (SSSR count). The van der Waals surface area contributed by atoms with Crippen molar-refractivity contribution in [2.75, 3.05) is 0 Å².